The molecule has 5 rings (SSSR count). The van der Waals surface area contributed by atoms with Crippen molar-refractivity contribution < 1.29 is 18.7 Å². The summed E-state index contributed by atoms with van der Waals surface area (Å²) in [7, 11) is 0. The van der Waals surface area contributed by atoms with Gasteiger partial charge < -0.3 is 20.8 Å². The molecule has 4 aromatic rings. The van der Waals surface area contributed by atoms with Gasteiger partial charge in [-0.2, -0.15) is 0 Å². The standard InChI is InChI=1S/C25H21FN4O3/c26-19-13-16(5-7-21(19)33-20-9-11-29-24-18(20)8-10-28-24)22(23(27)31)25(32)30-17-6-4-14-2-1-3-15(14)12-17/h4-13,22H,1-3H2,(H2,27,31)(H,28,29)(H,30,32). The largest absolute Gasteiger partial charge is 0.453 e. The van der Waals surface area contributed by atoms with E-state index < -0.39 is 23.5 Å². The van der Waals surface area contributed by atoms with Gasteiger partial charge in [0.15, 0.2) is 11.6 Å². The summed E-state index contributed by atoms with van der Waals surface area (Å²) in [5.74, 6) is -3.17. The summed E-state index contributed by atoms with van der Waals surface area (Å²) in [6.07, 6.45) is 6.32. The molecule has 7 nitrogen and oxygen atoms in total. The number of hydrogen-bond donors (Lipinski definition) is 3. The molecule has 0 fully saturated rings. The molecule has 0 saturated carbocycles. The topological polar surface area (TPSA) is 110 Å². The molecular formula is C25H21FN4O3. The van der Waals surface area contributed by atoms with Crippen molar-refractivity contribution in [2.24, 2.45) is 5.73 Å². The number of nitrogens with zero attached hydrogens (tertiary/aromatic N) is 1. The number of aromatic nitrogens is 2. The Morgan fingerprint density at radius 1 is 1.06 bits per heavy atom. The van der Waals surface area contributed by atoms with Crippen LogP contribution in [0.25, 0.3) is 11.0 Å². The van der Waals surface area contributed by atoms with Gasteiger partial charge in [-0.05, 0) is 72.4 Å². The number of carbonyl (C=O) groups is 2. The summed E-state index contributed by atoms with van der Waals surface area (Å²) in [5, 5.41) is 3.44. The third-order valence-electron chi connectivity index (χ3n) is 5.84. The lowest BCUT2D eigenvalue weighted by molar-refractivity contribution is -0.127. The molecule has 2 aromatic carbocycles. The average molecular weight is 444 g/mol. The molecule has 1 aliphatic rings. The Hall–Kier alpha value is -4.20. The van der Waals surface area contributed by atoms with Crippen LogP contribution in [0.4, 0.5) is 10.1 Å². The summed E-state index contributed by atoms with van der Waals surface area (Å²) >= 11 is 0. The lowest BCUT2D eigenvalue weighted by Crippen LogP contribution is -2.32. The molecule has 0 bridgehead atoms. The van der Waals surface area contributed by atoms with Crippen molar-refractivity contribution in [3.63, 3.8) is 0 Å². The number of rotatable bonds is 6. The number of aromatic amines is 1. The monoisotopic (exact) mass is 444 g/mol. The van der Waals surface area contributed by atoms with Crippen LogP contribution in [-0.4, -0.2) is 21.8 Å². The average Bonchev–Trinajstić information content (AvgIpc) is 3.45. The number of pyridine rings is 1. The van der Waals surface area contributed by atoms with E-state index in [1.165, 1.54) is 23.3 Å². The Kier molecular flexibility index (Phi) is 5.26. The maximum absolute atomic E-state index is 14.9. The molecule has 0 spiro atoms. The number of amides is 2. The van der Waals surface area contributed by atoms with Crippen LogP contribution < -0.4 is 15.8 Å². The van der Waals surface area contributed by atoms with Crippen molar-refractivity contribution in [1.82, 2.24) is 9.97 Å². The van der Waals surface area contributed by atoms with Gasteiger partial charge in [-0.25, -0.2) is 9.37 Å². The van der Waals surface area contributed by atoms with E-state index in [1.54, 1.807) is 30.6 Å². The minimum absolute atomic E-state index is 0.0466. The van der Waals surface area contributed by atoms with Crippen molar-refractivity contribution in [2.75, 3.05) is 5.32 Å². The second-order valence-corrected chi connectivity index (χ2v) is 8.00. The van der Waals surface area contributed by atoms with E-state index >= 15 is 0 Å². The lowest BCUT2D eigenvalue weighted by atomic mass is 9.97. The van der Waals surface area contributed by atoms with Crippen LogP contribution in [0.5, 0.6) is 11.5 Å². The van der Waals surface area contributed by atoms with Crippen molar-refractivity contribution in [1.29, 1.82) is 0 Å². The van der Waals surface area contributed by atoms with Crippen LogP contribution in [0.3, 0.4) is 0 Å². The van der Waals surface area contributed by atoms with E-state index in [2.05, 4.69) is 15.3 Å². The SMILES string of the molecule is NC(=O)C(C(=O)Nc1ccc2c(c1)CCC2)c1ccc(Oc2ccnc3[nH]ccc23)c(F)c1. The van der Waals surface area contributed by atoms with Crippen LogP contribution >= 0.6 is 0 Å². The lowest BCUT2D eigenvalue weighted by Gasteiger charge is -2.16. The van der Waals surface area contributed by atoms with Gasteiger partial charge in [0.25, 0.3) is 0 Å². The molecule has 4 N–H and O–H groups in total. The molecule has 2 heterocycles. The zero-order valence-corrected chi connectivity index (χ0v) is 17.6. The number of nitrogens with two attached hydrogens (primary N) is 1. The number of primary amides is 1. The van der Waals surface area contributed by atoms with Crippen molar-refractivity contribution in [2.45, 2.75) is 25.2 Å². The first-order chi connectivity index (χ1) is 16.0. The van der Waals surface area contributed by atoms with Crippen LogP contribution in [-0.2, 0) is 22.4 Å². The Morgan fingerprint density at radius 3 is 2.73 bits per heavy atom. The zero-order chi connectivity index (χ0) is 22.9. The number of ether oxygens (including phenoxy) is 1. The van der Waals surface area contributed by atoms with Gasteiger partial charge in [0.05, 0.1) is 5.39 Å². The van der Waals surface area contributed by atoms with Crippen molar-refractivity contribution >= 4 is 28.5 Å². The van der Waals surface area contributed by atoms with Gasteiger partial charge in [0.2, 0.25) is 11.8 Å². The number of benzene rings is 2. The summed E-state index contributed by atoms with van der Waals surface area (Å²) < 4.78 is 20.6. The first kappa shape index (κ1) is 20.7. The molecule has 0 aliphatic heterocycles. The highest BCUT2D eigenvalue weighted by atomic mass is 19.1. The van der Waals surface area contributed by atoms with E-state index in [9.17, 15) is 14.0 Å². The molecule has 1 unspecified atom stereocenters. The number of fused-ring (bicyclic) bond motifs is 2. The van der Waals surface area contributed by atoms with E-state index in [4.69, 9.17) is 10.5 Å². The Balaban J connectivity index is 1.38. The van der Waals surface area contributed by atoms with Crippen LogP contribution in [0.15, 0.2) is 60.9 Å². The van der Waals surface area contributed by atoms with Crippen molar-refractivity contribution in [3.05, 3.63) is 83.4 Å². The number of nitrogens with one attached hydrogen (secondary N) is 2. The molecule has 166 valence electrons. The molecule has 2 amide bonds. The normalized spacial score (nSPS) is 13.5. The Labute approximate surface area is 188 Å². The fraction of sp³-hybridized carbons (Fsp3) is 0.160. The predicted molar refractivity (Wildman–Crippen MR) is 122 cm³/mol. The fourth-order valence-corrected chi connectivity index (χ4v) is 4.23. The smallest absolute Gasteiger partial charge is 0.241 e. The number of hydrogen-bond acceptors (Lipinski definition) is 4. The second kappa shape index (κ2) is 8.38. The molecule has 0 saturated heterocycles. The third kappa shape index (κ3) is 4.03. The maximum Gasteiger partial charge on any atom is 0.241 e. The third-order valence-corrected chi connectivity index (χ3v) is 5.84. The van der Waals surface area contributed by atoms with E-state index in [1.807, 2.05) is 12.1 Å². The van der Waals surface area contributed by atoms with Gasteiger partial charge in [0, 0.05) is 18.1 Å². The quantitative estimate of drug-likeness (QED) is 0.387. The van der Waals surface area contributed by atoms with Crippen molar-refractivity contribution in [3.8, 4) is 11.5 Å². The first-order valence-electron chi connectivity index (χ1n) is 10.6. The Morgan fingerprint density at radius 2 is 1.91 bits per heavy atom. The molecule has 8 heteroatoms. The van der Waals surface area contributed by atoms with Gasteiger partial charge in [-0.1, -0.05) is 12.1 Å². The van der Waals surface area contributed by atoms with E-state index in [0.717, 1.165) is 25.3 Å². The number of halogens is 1. The number of carbonyl (C=O) groups excluding carboxylic acids is 2. The predicted octanol–water partition coefficient (Wildman–Crippen LogP) is 4.19. The summed E-state index contributed by atoms with van der Waals surface area (Å²) in [5.41, 5.74) is 9.30. The highest BCUT2D eigenvalue weighted by Gasteiger charge is 2.28. The molecule has 0 radical (unpaired) electrons. The summed E-state index contributed by atoms with van der Waals surface area (Å²) in [6, 6.07) is 13.0. The first-order valence-corrected chi connectivity index (χ1v) is 10.6. The molecular weight excluding hydrogens is 423 g/mol. The number of aryl methyl sites for hydroxylation is 2. The minimum atomic E-state index is -1.35. The molecule has 2 aromatic heterocycles. The summed E-state index contributed by atoms with van der Waals surface area (Å²) in [6.45, 7) is 0. The molecule has 33 heavy (non-hydrogen) atoms. The highest BCUT2D eigenvalue weighted by molar-refractivity contribution is 6.10. The summed E-state index contributed by atoms with van der Waals surface area (Å²) in [4.78, 5) is 32.1. The van der Waals surface area contributed by atoms with E-state index in [0.29, 0.717) is 22.5 Å². The second-order valence-electron chi connectivity index (χ2n) is 8.00. The number of H-pyrrole nitrogens is 1. The van der Waals surface area contributed by atoms with Crippen LogP contribution in [0, 0.1) is 5.82 Å². The van der Waals surface area contributed by atoms with Gasteiger partial charge in [0.1, 0.15) is 17.3 Å². The van der Waals surface area contributed by atoms with Gasteiger partial charge in [-0.15, -0.1) is 0 Å². The minimum Gasteiger partial charge on any atom is -0.453 e. The van der Waals surface area contributed by atoms with Crippen LogP contribution in [0.1, 0.15) is 29.0 Å². The van der Waals surface area contributed by atoms with E-state index in [-0.39, 0.29) is 11.3 Å². The molecule has 1 atom stereocenters. The zero-order valence-electron chi connectivity index (χ0n) is 17.6. The Bertz CT molecular complexity index is 1380. The van der Waals surface area contributed by atoms with Gasteiger partial charge in [-0.3, -0.25) is 9.59 Å². The maximum atomic E-state index is 14.9. The van der Waals surface area contributed by atoms with Crippen LogP contribution in [0.2, 0.25) is 0 Å². The fourth-order valence-electron chi connectivity index (χ4n) is 4.23. The molecule has 1 aliphatic carbocycles. The highest BCUT2D eigenvalue weighted by Crippen LogP contribution is 2.32. The number of anilines is 1. The van der Waals surface area contributed by atoms with Gasteiger partial charge >= 0.3 is 0 Å².